The summed E-state index contributed by atoms with van der Waals surface area (Å²) in [6.45, 7) is 7.07. The maximum atomic E-state index is 10.8. The van der Waals surface area contributed by atoms with Crippen LogP contribution in [0, 0.1) is 0 Å². The minimum atomic E-state index is -0.0928. The number of carbonyl (C=O) groups excluding carboxylic acids is 1. The lowest BCUT2D eigenvalue weighted by molar-refractivity contribution is -0.121. The van der Waals surface area contributed by atoms with Gasteiger partial charge in [-0.1, -0.05) is 13.3 Å². The van der Waals surface area contributed by atoms with Crippen LogP contribution in [0.4, 0.5) is 0 Å². The molecule has 4 heteroatoms. The van der Waals surface area contributed by atoms with Gasteiger partial charge in [0.1, 0.15) is 0 Å². The number of hydrogen-bond acceptors (Lipinski definition) is 3. The van der Waals surface area contributed by atoms with Gasteiger partial charge in [-0.15, -0.1) is 0 Å². The number of nitrogens with one attached hydrogen (secondary N) is 1. The van der Waals surface area contributed by atoms with Gasteiger partial charge in [0.2, 0.25) is 5.91 Å². The van der Waals surface area contributed by atoms with Crippen molar-refractivity contribution in [2.45, 2.75) is 58.5 Å². The van der Waals surface area contributed by atoms with Crippen molar-refractivity contribution in [1.29, 1.82) is 0 Å². The van der Waals surface area contributed by atoms with Crippen molar-refractivity contribution in [2.24, 2.45) is 5.84 Å². The smallest absolute Gasteiger partial charge is 0.233 e. The average molecular weight is 216 g/mol. The van der Waals surface area contributed by atoms with Gasteiger partial charge < -0.3 is 4.74 Å². The number of unbranched alkanes of at least 4 members (excludes halogenated alkanes) is 2. The van der Waals surface area contributed by atoms with Crippen LogP contribution in [0.2, 0.25) is 0 Å². The summed E-state index contributed by atoms with van der Waals surface area (Å²) in [5.41, 5.74) is 2.10. The highest BCUT2D eigenvalue weighted by atomic mass is 16.5. The maximum Gasteiger partial charge on any atom is 0.233 e. The van der Waals surface area contributed by atoms with E-state index in [2.05, 4.69) is 26.2 Å². The first-order valence-corrected chi connectivity index (χ1v) is 5.65. The van der Waals surface area contributed by atoms with Gasteiger partial charge in [-0.25, -0.2) is 5.84 Å². The molecule has 0 radical (unpaired) electrons. The third-order valence-electron chi connectivity index (χ3n) is 2.55. The number of hydrazine groups is 1. The Morgan fingerprint density at radius 2 is 2.00 bits per heavy atom. The molecule has 3 N–H and O–H groups in total. The molecule has 0 aromatic heterocycles. The molecule has 0 heterocycles. The van der Waals surface area contributed by atoms with E-state index in [1.165, 1.54) is 0 Å². The molecule has 0 atom stereocenters. The molecule has 0 spiro atoms. The molecule has 0 aliphatic heterocycles. The first-order chi connectivity index (χ1) is 7.02. The fraction of sp³-hybridized carbons (Fsp3) is 0.909. The SMILES string of the molecule is CCC(C)(C)OCCCCCC(=O)NN. The molecular weight excluding hydrogens is 192 g/mol. The molecule has 0 bridgehead atoms. The van der Waals surface area contributed by atoms with E-state index in [1.54, 1.807) is 0 Å². The van der Waals surface area contributed by atoms with Crippen molar-refractivity contribution >= 4 is 5.91 Å². The van der Waals surface area contributed by atoms with Crippen LogP contribution in [0.15, 0.2) is 0 Å². The highest BCUT2D eigenvalue weighted by molar-refractivity contribution is 5.74. The molecule has 1 amide bonds. The minimum absolute atomic E-state index is 0.0192. The summed E-state index contributed by atoms with van der Waals surface area (Å²) in [6, 6.07) is 0. The molecule has 0 unspecified atom stereocenters. The number of nitrogens with two attached hydrogens (primary N) is 1. The zero-order chi connectivity index (χ0) is 11.7. The van der Waals surface area contributed by atoms with E-state index in [-0.39, 0.29) is 11.5 Å². The van der Waals surface area contributed by atoms with Crippen molar-refractivity contribution < 1.29 is 9.53 Å². The van der Waals surface area contributed by atoms with Crippen molar-refractivity contribution in [1.82, 2.24) is 5.43 Å². The first kappa shape index (κ1) is 14.4. The Kier molecular flexibility index (Phi) is 7.34. The quantitative estimate of drug-likeness (QED) is 0.281. The van der Waals surface area contributed by atoms with Gasteiger partial charge in [0, 0.05) is 13.0 Å². The molecule has 0 aliphatic carbocycles. The number of amides is 1. The van der Waals surface area contributed by atoms with Gasteiger partial charge in [0.05, 0.1) is 5.60 Å². The van der Waals surface area contributed by atoms with E-state index >= 15 is 0 Å². The second-order valence-electron chi connectivity index (χ2n) is 4.34. The van der Waals surface area contributed by atoms with Gasteiger partial charge >= 0.3 is 0 Å². The van der Waals surface area contributed by atoms with E-state index in [1.807, 2.05) is 0 Å². The fourth-order valence-corrected chi connectivity index (χ4v) is 1.09. The van der Waals surface area contributed by atoms with Gasteiger partial charge in [-0.05, 0) is 33.1 Å². The highest BCUT2D eigenvalue weighted by Crippen LogP contribution is 2.14. The fourth-order valence-electron chi connectivity index (χ4n) is 1.09. The molecule has 0 aliphatic rings. The zero-order valence-electron chi connectivity index (χ0n) is 10.1. The Labute approximate surface area is 92.5 Å². The molecule has 0 rings (SSSR count). The van der Waals surface area contributed by atoms with Crippen molar-refractivity contribution in [3.05, 3.63) is 0 Å². The molecular formula is C11H24N2O2. The predicted octanol–water partition coefficient (Wildman–Crippen LogP) is 1.74. The summed E-state index contributed by atoms with van der Waals surface area (Å²) in [7, 11) is 0. The van der Waals surface area contributed by atoms with Crippen LogP contribution in [0.3, 0.4) is 0 Å². The summed E-state index contributed by atoms with van der Waals surface area (Å²) in [5, 5.41) is 0. The largest absolute Gasteiger partial charge is 0.376 e. The average Bonchev–Trinajstić information content (AvgIpc) is 2.22. The van der Waals surface area contributed by atoms with Crippen LogP contribution in [0.5, 0.6) is 0 Å². The highest BCUT2D eigenvalue weighted by Gasteiger charge is 2.14. The van der Waals surface area contributed by atoms with E-state index in [0.717, 1.165) is 32.3 Å². The van der Waals surface area contributed by atoms with E-state index in [9.17, 15) is 4.79 Å². The van der Waals surface area contributed by atoms with Crippen LogP contribution in [-0.4, -0.2) is 18.1 Å². The standard InChI is InChI=1S/C11H24N2O2/c1-4-11(2,3)15-9-7-5-6-8-10(14)13-12/h4-9,12H2,1-3H3,(H,13,14). The van der Waals surface area contributed by atoms with Gasteiger partial charge in [-0.2, -0.15) is 0 Å². The zero-order valence-corrected chi connectivity index (χ0v) is 10.1. The maximum absolute atomic E-state index is 10.8. The lowest BCUT2D eigenvalue weighted by atomic mass is 10.1. The number of rotatable bonds is 8. The Morgan fingerprint density at radius 1 is 1.33 bits per heavy atom. The van der Waals surface area contributed by atoms with Crippen molar-refractivity contribution in [3.63, 3.8) is 0 Å². The lowest BCUT2D eigenvalue weighted by Crippen LogP contribution is -2.29. The molecule has 0 aromatic carbocycles. The topological polar surface area (TPSA) is 64.3 Å². The van der Waals surface area contributed by atoms with Gasteiger partial charge in [0.15, 0.2) is 0 Å². The lowest BCUT2D eigenvalue weighted by Gasteiger charge is -2.23. The Balaban J connectivity index is 3.29. The van der Waals surface area contributed by atoms with Crippen LogP contribution in [-0.2, 0) is 9.53 Å². The Hall–Kier alpha value is -0.610. The summed E-state index contributed by atoms with van der Waals surface area (Å²) in [6.07, 6.45) is 4.41. The molecule has 90 valence electrons. The molecule has 4 nitrogen and oxygen atoms in total. The summed E-state index contributed by atoms with van der Waals surface area (Å²) >= 11 is 0. The van der Waals surface area contributed by atoms with E-state index in [4.69, 9.17) is 10.6 Å². The van der Waals surface area contributed by atoms with Crippen molar-refractivity contribution in [3.8, 4) is 0 Å². The number of ether oxygens (including phenoxy) is 1. The van der Waals surface area contributed by atoms with Gasteiger partial charge in [-0.3, -0.25) is 10.2 Å². The molecule has 0 aromatic rings. The van der Waals surface area contributed by atoms with Crippen molar-refractivity contribution in [2.75, 3.05) is 6.61 Å². The second kappa shape index (κ2) is 7.65. The number of hydrogen-bond donors (Lipinski definition) is 2. The molecule has 0 fully saturated rings. The van der Waals surface area contributed by atoms with Crippen LogP contribution < -0.4 is 11.3 Å². The van der Waals surface area contributed by atoms with Crippen LogP contribution >= 0.6 is 0 Å². The van der Waals surface area contributed by atoms with E-state index in [0.29, 0.717) is 6.42 Å². The number of carbonyl (C=O) groups is 1. The Morgan fingerprint density at radius 3 is 2.53 bits per heavy atom. The van der Waals surface area contributed by atoms with Crippen LogP contribution in [0.25, 0.3) is 0 Å². The monoisotopic (exact) mass is 216 g/mol. The van der Waals surface area contributed by atoms with E-state index < -0.39 is 0 Å². The first-order valence-electron chi connectivity index (χ1n) is 5.65. The predicted molar refractivity (Wildman–Crippen MR) is 61.1 cm³/mol. The second-order valence-corrected chi connectivity index (χ2v) is 4.34. The molecule has 0 saturated heterocycles. The summed E-state index contributed by atoms with van der Waals surface area (Å²) in [5.74, 6) is 4.87. The summed E-state index contributed by atoms with van der Waals surface area (Å²) in [4.78, 5) is 10.8. The third-order valence-corrected chi connectivity index (χ3v) is 2.55. The Bertz CT molecular complexity index is 181. The molecule has 15 heavy (non-hydrogen) atoms. The molecule has 0 saturated carbocycles. The van der Waals surface area contributed by atoms with Gasteiger partial charge in [0.25, 0.3) is 0 Å². The summed E-state index contributed by atoms with van der Waals surface area (Å²) < 4.78 is 5.69. The normalized spacial score (nSPS) is 11.5. The minimum Gasteiger partial charge on any atom is -0.376 e. The third kappa shape index (κ3) is 8.39. The van der Waals surface area contributed by atoms with Crippen LogP contribution in [0.1, 0.15) is 52.9 Å².